The fraction of sp³-hybridized carbons (Fsp3) is 0.375. The largest absolute Gasteiger partial charge is 0.497 e. The molecule has 7 nitrogen and oxygen atoms in total. The molecule has 1 N–H and O–H groups in total. The number of methoxy groups -OCH3 is 2. The minimum atomic E-state index is -0.341. The first-order chi connectivity index (χ1) is 15.8. The topological polar surface area (TPSA) is 84.9 Å². The molecule has 2 saturated carbocycles. The summed E-state index contributed by atoms with van der Waals surface area (Å²) < 4.78 is 10.5. The summed E-state index contributed by atoms with van der Waals surface area (Å²) in [6.07, 6.45) is 0.888. The van der Waals surface area contributed by atoms with Crippen LogP contribution < -0.4 is 19.7 Å². The minimum absolute atomic E-state index is 0.139. The lowest BCUT2D eigenvalue weighted by Gasteiger charge is -2.28. The van der Waals surface area contributed by atoms with Gasteiger partial charge in [0.15, 0.2) is 0 Å². The van der Waals surface area contributed by atoms with Gasteiger partial charge in [-0.15, -0.1) is 0 Å². The molecule has 0 spiro atoms. The van der Waals surface area contributed by atoms with Gasteiger partial charge in [0.1, 0.15) is 11.5 Å². The molecule has 9 heteroatoms. The van der Waals surface area contributed by atoms with E-state index in [9.17, 15) is 14.4 Å². The van der Waals surface area contributed by atoms with Gasteiger partial charge in [-0.1, -0.05) is 31.9 Å². The van der Waals surface area contributed by atoms with Crippen molar-refractivity contribution in [2.45, 2.75) is 16.1 Å². The minimum Gasteiger partial charge on any atom is -0.497 e. The van der Waals surface area contributed by atoms with Crippen LogP contribution in [-0.2, 0) is 9.59 Å². The number of imide groups is 1. The fourth-order valence-corrected chi connectivity index (χ4v) is 7.34. The molecule has 0 aromatic heterocycles. The van der Waals surface area contributed by atoms with Crippen LogP contribution in [0.5, 0.6) is 11.5 Å². The van der Waals surface area contributed by atoms with Crippen LogP contribution in [-0.4, -0.2) is 41.6 Å². The zero-order valence-electron chi connectivity index (χ0n) is 18.0. The maximum atomic E-state index is 13.2. The second-order valence-corrected chi connectivity index (χ2v) is 10.7. The quantitative estimate of drug-likeness (QED) is 0.424. The van der Waals surface area contributed by atoms with Crippen molar-refractivity contribution in [2.75, 3.05) is 24.4 Å². The summed E-state index contributed by atoms with van der Waals surface area (Å²) in [6, 6.07) is 11.6. The molecule has 5 rings (SSSR count). The summed E-state index contributed by atoms with van der Waals surface area (Å²) in [5, 5.41) is 2.82. The number of fused-ring (bicyclic) bond motifs is 5. The number of ether oxygens (including phenoxy) is 2. The Kier molecular flexibility index (Phi) is 5.73. The Morgan fingerprint density at radius 3 is 2.09 bits per heavy atom. The number of anilines is 2. The van der Waals surface area contributed by atoms with E-state index >= 15 is 0 Å². The lowest BCUT2D eigenvalue weighted by Crippen LogP contribution is -2.37. The maximum Gasteiger partial charge on any atom is 0.255 e. The van der Waals surface area contributed by atoms with Gasteiger partial charge >= 0.3 is 0 Å². The lowest BCUT2D eigenvalue weighted by molar-refractivity contribution is -0.123. The highest BCUT2D eigenvalue weighted by molar-refractivity contribution is 9.12. The van der Waals surface area contributed by atoms with Gasteiger partial charge in [-0.2, -0.15) is 0 Å². The molecule has 3 amide bonds. The van der Waals surface area contributed by atoms with Gasteiger partial charge in [-0.25, -0.2) is 0 Å². The first-order valence-electron chi connectivity index (χ1n) is 10.6. The Bertz CT molecular complexity index is 1110. The number of halogens is 2. The van der Waals surface area contributed by atoms with E-state index in [1.165, 1.54) is 12.0 Å². The number of benzene rings is 2. The summed E-state index contributed by atoms with van der Waals surface area (Å²) in [6.45, 7) is 0. The summed E-state index contributed by atoms with van der Waals surface area (Å²) in [5.41, 5.74) is 1.36. The normalized spacial score (nSPS) is 29.9. The number of amides is 3. The summed E-state index contributed by atoms with van der Waals surface area (Å²) in [7, 11) is 3.07. The lowest BCUT2D eigenvalue weighted by atomic mass is 9.81. The molecule has 0 radical (unpaired) electrons. The predicted molar refractivity (Wildman–Crippen MR) is 130 cm³/mol. The molecule has 3 fully saturated rings. The van der Waals surface area contributed by atoms with Crippen LogP contribution in [0.2, 0.25) is 0 Å². The van der Waals surface area contributed by atoms with Crippen molar-refractivity contribution < 1.29 is 23.9 Å². The molecular weight excluding hydrogens is 556 g/mol. The van der Waals surface area contributed by atoms with Crippen LogP contribution in [0.25, 0.3) is 0 Å². The van der Waals surface area contributed by atoms with E-state index in [1.807, 2.05) is 0 Å². The van der Waals surface area contributed by atoms with Gasteiger partial charge in [0.25, 0.3) is 5.91 Å². The molecule has 0 unspecified atom stereocenters. The smallest absolute Gasteiger partial charge is 0.255 e. The Morgan fingerprint density at radius 1 is 0.939 bits per heavy atom. The summed E-state index contributed by atoms with van der Waals surface area (Å²) in [5.74, 6) is 0.246. The second-order valence-electron chi connectivity index (χ2n) is 8.58. The second kappa shape index (κ2) is 8.43. The van der Waals surface area contributed by atoms with E-state index in [-0.39, 0.29) is 51.0 Å². The molecule has 172 valence electrons. The monoisotopic (exact) mass is 576 g/mol. The molecule has 2 aromatic carbocycles. The summed E-state index contributed by atoms with van der Waals surface area (Å²) >= 11 is 7.41. The van der Waals surface area contributed by atoms with Crippen molar-refractivity contribution in [3.05, 3.63) is 48.0 Å². The number of carbonyl (C=O) groups is 3. The van der Waals surface area contributed by atoms with Gasteiger partial charge in [0.05, 0.1) is 37.4 Å². The molecule has 1 saturated heterocycles. The highest BCUT2D eigenvalue weighted by atomic mass is 79.9. The van der Waals surface area contributed by atoms with Crippen molar-refractivity contribution >= 4 is 61.0 Å². The third-order valence-corrected chi connectivity index (χ3v) is 10.2. The van der Waals surface area contributed by atoms with E-state index in [2.05, 4.69) is 37.2 Å². The van der Waals surface area contributed by atoms with Crippen LogP contribution >= 0.6 is 31.9 Å². The standard InChI is InChI=1S/C24H22Br2N2O5/c1-32-13-7-8-17(33-2)16(9-13)27-22(29)11-3-5-12(6-4-11)28-23(30)18-14-10-15(19(18)24(28)31)21(26)20(14)25/h3-9,14-15,18-21H,10H2,1-2H3,(H,27,29)/t14-,15-,18-,19-,20-,21+/m1/s1. The predicted octanol–water partition coefficient (Wildman–Crippen LogP) is 4.24. The number of nitrogens with one attached hydrogen (secondary N) is 1. The number of alkyl halides is 2. The van der Waals surface area contributed by atoms with Crippen molar-refractivity contribution in [3.63, 3.8) is 0 Å². The number of hydrogen-bond donors (Lipinski definition) is 1. The van der Waals surface area contributed by atoms with E-state index in [0.29, 0.717) is 28.4 Å². The Morgan fingerprint density at radius 2 is 1.55 bits per heavy atom. The van der Waals surface area contributed by atoms with Gasteiger partial charge in [0.2, 0.25) is 11.8 Å². The van der Waals surface area contributed by atoms with Crippen LogP contribution in [0, 0.1) is 23.7 Å². The van der Waals surface area contributed by atoms with Crippen molar-refractivity contribution in [1.29, 1.82) is 0 Å². The Hall–Kier alpha value is -2.39. The van der Waals surface area contributed by atoms with Crippen LogP contribution in [0.4, 0.5) is 11.4 Å². The van der Waals surface area contributed by atoms with Gasteiger partial charge in [-0.3, -0.25) is 19.3 Å². The van der Waals surface area contributed by atoms with Crippen LogP contribution in [0.3, 0.4) is 0 Å². The highest BCUT2D eigenvalue weighted by Crippen LogP contribution is 2.60. The first kappa shape index (κ1) is 22.4. The first-order valence-corrected chi connectivity index (χ1v) is 12.5. The van der Waals surface area contributed by atoms with Gasteiger partial charge in [0, 0.05) is 21.3 Å². The van der Waals surface area contributed by atoms with Crippen LogP contribution in [0.15, 0.2) is 42.5 Å². The maximum absolute atomic E-state index is 13.2. The summed E-state index contributed by atoms with van der Waals surface area (Å²) in [4.78, 5) is 40.9. The average molecular weight is 578 g/mol. The highest BCUT2D eigenvalue weighted by Gasteiger charge is 2.66. The molecule has 2 aromatic rings. The average Bonchev–Trinajstić information content (AvgIpc) is 3.44. The third-order valence-electron chi connectivity index (χ3n) is 7.03. The Balaban J connectivity index is 1.35. The van der Waals surface area contributed by atoms with E-state index < -0.39 is 0 Å². The van der Waals surface area contributed by atoms with E-state index in [0.717, 1.165) is 6.42 Å². The molecule has 3 aliphatic rings. The number of nitrogens with zero attached hydrogens (tertiary/aromatic N) is 1. The Labute approximate surface area is 208 Å². The zero-order chi connectivity index (χ0) is 23.4. The molecular formula is C24H22Br2N2O5. The fourth-order valence-electron chi connectivity index (χ4n) is 5.47. The van der Waals surface area contributed by atoms with Gasteiger partial charge in [-0.05, 0) is 54.7 Å². The van der Waals surface area contributed by atoms with E-state index in [4.69, 9.17) is 9.47 Å². The molecule has 1 heterocycles. The molecule has 2 bridgehead atoms. The van der Waals surface area contributed by atoms with Crippen LogP contribution in [0.1, 0.15) is 16.8 Å². The number of carbonyl (C=O) groups excluding carboxylic acids is 3. The van der Waals surface area contributed by atoms with E-state index in [1.54, 1.807) is 49.6 Å². The zero-order valence-corrected chi connectivity index (χ0v) is 21.1. The molecule has 6 atom stereocenters. The third kappa shape index (κ3) is 3.47. The van der Waals surface area contributed by atoms with Crippen molar-refractivity contribution in [1.82, 2.24) is 0 Å². The molecule has 2 aliphatic carbocycles. The van der Waals surface area contributed by atoms with Crippen molar-refractivity contribution in [3.8, 4) is 11.5 Å². The van der Waals surface area contributed by atoms with Gasteiger partial charge < -0.3 is 14.8 Å². The van der Waals surface area contributed by atoms with Crippen molar-refractivity contribution in [2.24, 2.45) is 23.7 Å². The number of hydrogen-bond acceptors (Lipinski definition) is 5. The number of rotatable bonds is 5. The molecule has 1 aliphatic heterocycles. The molecule has 33 heavy (non-hydrogen) atoms. The SMILES string of the molecule is COc1ccc(OC)c(NC(=O)c2ccc(N3C(=O)[C@@H]4[C@H]5C[C@@H]([C@@H](Br)[C@H]5Br)[C@H]4C3=O)cc2)c1.